The molecule has 12 rings (SSSR count). The van der Waals surface area contributed by atoms with Gasteiger partial charge in [0.05, 0.1) is 165 Å². The van der Waals surface area contributed by atoms with E-state index >= 15 is 0 Å². The average molecular weight is 2200 g/mol. The molecule has 0 bridgehead atoms. The summed E-state index contributed by atoms with van der Waals surface area (Å²) in [5, 5.41) is -17.2. The number of benzene rings is 6. The van der Waals surface area contributed by atoms with Gasteiger partial charge in [0.15, 0.2) is 0 Å². The maximum Gasteiger partial charge on any atom is 0.335 e. The molecular formula is C90H102Cl6F6N6O24S6. The molecule has 0 radical (unpaired) electrons. The Bertz CT molecular complexity index is 7990. The third-order valence-corrected chi connectivity index (χ3v) is 29.2. The Balaban J connectivity index is 0.000000271. The van der Waals surface area contributed by atoms with Crippen molar-refractivity contribution >= 4 is 200 Å². The SMILES string of the molecule is [2H]C1=C(C(=O)OCC)[C@H](S(=O)(=O)Nc2c([2H])c([2H])c(F)c([2H])c2Cl)CCC1.[2H]C1=C(C(=O)OCC)[C@]([2H])(S(=O)(=O)Nc2ccc(F)cc2Cl)C([2H])([2H])C([2H])([2H])C1([2H])[2H].[2H]c1c([2H])c(NS(=O)(=O)[C@@H]2CCC([2H])([2H])C=C2C(=O)OCC)c(Cl)c([2H])c1F.[2H]c1c([2H])c(NS(=O)(=O)[C@@H]2CCCC=C2C(=O)OCC)c(Cl)c([2H])c1F.[2H]c1c([2H])c(NS(=O)(=O)[C@]2([2H])CCC([2H])([2H])C=C2C(=O)OCC)c(Cl)c([2H])c1F.[2H]c1c([2H])c(NS(=O)(=O)[C@]2([2H])CCCC=C2C(=O)OCC)c(Cl)c([2H])c1F. The number of hydrogen-bond acceptors (Lipinski definition) is 24. The number of sulfonamides is 6. The molecule has 0 saturated heterocycles. The zero-order chi connectivity index (χ0) is 129. The molecule has 0 saturated carbocycles. The van der Waals surface area contributed by atoms with Gasteiger partial charge in [-0.3, -0.25) is 28.3 Å². The van der Waals surface area contributed by atoms with Gasteiger partial charge in [0.2, 0.25) is 60.1 Å². The van der Waals surface area contributed by atoms with Gasteiger partial charge < -0.3 is 28.4 Å². The molecule has 0 fully saturated rings. The monoisotopic (exact) mass is 2200 g/mol. The number of carbonyl (C=O) groups is 6. The minimum atomic E-state index is -5.50. The summed E-state index contributed by atoms with van der Waals surface area (Å²) in [6.45, 7) is 8.42. The van der Waals surface area contributed by atoms with Gasteiger partial charge in [-0.25, -0.2) is 106 Å². The molecule has 0 heterocycles. The second-order valence-corrected chi connectivity index (χ2v) is 40.2. The van der Waals surface area contributed by atoms with Crippen LogP contribution in [0.15, 0.2) is 179 Å². The van der Waals surface area contributed by atoms with Crippen LogP contribution in [-0.4, -0.2) is 157 Å². The first-order valence-electron chi connectivity index (χ1n) is 55.1. The van der Waals surface area contributed by atoms with E-state index in [1.54, 1.807) is 18.6 Å². The van der Waals surface area contributed by atoms with Crippen LogP contribution in [0.3, 0.4) is 0 Å². The largest absolute Gasteiger partial charge is 0.463 e. The summed E-state index contributed by atoms with van der Waals surface area (Å²) in [6.07, 6.45) is -9.98. The van der Waals surface area contributed by atoms with Crippen molar-refractivity contribution in [1.29, 1.82) is 0 Å². The standard InChI is InChI=1S/6C15H17ClFNO4S/c6*1-2-22-15(19)11-5-3-4-6-14(11)23(20,21)18-13-8-7-10(17)9-12(13)16/h6*5,7-9,14,18H,2-4,6H2,1H3/t6*14-/m111111/s1/i3D2,7D,8D,9D,14D;3D2,4D2,5D,6D2,14D;7D,8D,9D,14D;5D,7D,8D,9D;3D2,7D,8D,9D;7D,8D,9D. The van der Waals surface area contributed by atoms with Crippen molar-refractivity contribution < 1.29 is 175 Å². The van der Waals surface area contributed by atoms with Gasteiger partial charge in [0.25, 0.3) is 0 Å². The Kier molecular flexibility index (Phi) is 30.1. The van der Waals surface area contributed by atoms with Crippen molar-refractivity contribution in [3.63, 3.8) is 0 Å². The average Bonchev–Trinajstić information content (AvgIpc) is 0.669. The summed E-state index contributed by atoms with van der Waals surface area (Å²) in [5.74, 6) is -14.1. The Morgan fingerprint density at radius 3 is 0.993 bits per heavy atom. The Labute approximate surface area is 870 Å². The molecule has 6 N–H and O–H groups in total. The molecule has 48 heteroatoms. The molecule has 0 spiro atoms. The molecular weight excluding hydrogens is 2070 g/mol. The van der Waals surface area contributed by atoms with Crippen LogP contribution in [0, 0.1) is 34.9 Å². The number of esters is 6. The van der Waals surface area contributed by atoms with Crippen molar-refractivity contribution in [3.05, 3.63) is 244 Å². The second kappa shape index (κ2) is 53.9. The van der Waals surface area contributed by atoms with E-state index in [-0.39, 0.29) is 101 Å². The van der Waals surface area contributed by atoms with Crippen molar-refractivity contribution in [3.8, 4) is 0 Å². The number of nitrogens with one attached hydrogen (secondary N) is 6. The molecule has 0 amide bonds. The van der Waals surface area contributed by atoms with Gasteiger partial charge in [-0.1, -0.05) is 106 Å². The van der Waals surface area contributed by atoms with Crippen LogP contribution in [0.25, 0.3) is 0 Å². The summed E-state index contributed by atoms with van der Waals surface area (Å²) in [4.78, 5) is 73.2. The maximum atomic E-state index is 13.7. The summed E-state index contributed by atoms with van der Waals surface area (Å²) in [5.41, 5.74) is -7.23. The van der Waals surface area contributed by atoms with Gasteiger partial charge in [-0.05, 0) is 266 Å². The Morgan fingerprint density at radius 1 is 0.326 bits per heavy atom. The molecule has 6 aliphatic rings. The van der Waals surface area contributed by atoms with Gasteiger partial charge in [0.1, 0.15) is 66.3 Å². The lowest BCUT2D eigenvalue weighted by atomic mass is 9.99. The van der Waals surface area contributed by atoms with Crippen molar-refractivity contribution in [2.75, 3.05) is 68.0 Å². The Morgan fingerprint density at radius 2 is 0.609 bits per heavy atom. The van der Waals surface area contributed by atoms with E-state index in [2.05, 4.69) is 9.46 Å². The highest BCUT2D eigenvalue weighted by Crippen LogP contribution is 2.39. The highest BCUT2D eigenvalue weighted by Gasteiger charge is 2.42. The van der Waals surface area contributed by atoms with E-state index in [9.17, 15) is 106 Å². The molecule has 6 aliphatic carbocycles. The summed E-state index contributed by atoms with van der Waals surface area (Å²) in [7, 11) is -28.2. The molecule has 6 aromatic carbocycles. The molecule has 0 aliphatic heterocycles. The zero-order valence-electron chi connectivity index (χ0n) is 102. The van der Waals surface area contributed by atoms with E-state index in [0.717, 1.165) is 18.2 Å². The molecule has 6 atom stereocenters. The molecule has 0 unspecified atom stereocenters. The number of halogens is 12. The van der Waals surface area contributed by atoms with E-state index < -0.39 is 385 Å². The molecule has 756 valence electrons. The fraction of sp³-hybridized carbons (Fsp3) is 0.400. The van der Waals surface area contributed by atoms with E-state index in [0.29, 0.717) is 44.2 Å². The van der Waals surface area contributed by atoms with E-state index in [1.807, 2.05) is 18.9 Å². The predicted molar refractivity (Wildman–Crippen MR) is 518 cm³/mol. The third-order valence-electron chi connectivity index (χ3n) is 17.9. The topological polar surface area (TPSA) is 435 Å². The molecule has 0 aromatic heterocycles. The first-order chi connectivity index (χ1) is 77.0. The van der Waals surface area contributed by atoms with Crippen LogP contribution in [0.2, 0.25) is 30.1 Å². The fourth-order valence-corrected chi connectivity index (χ4v) is 21.9. The number of ether oxygens (including phenoxy) is 6. The van der Waals surface area contributed by atoms with Crippen LogP contribution >= 0.6 is 69.6 Å². The van der Waals surface area contributed by atoms with Gasteiger partial charge >= 0.3 is 35.8 Å². The second-order valence-electron chi connectivity index (χ2n) is 27.3. The predicted octanol–water partition coefficient (Wildman–Crippen LogP) is 19.6. The van der Waals surface area contributed by atoms with Crippen LogP contribution < -0.4 is 28.3 Å². The fourth-order valence-electron chi connectivity index (χ4n) is 12.0. The lowest BCUT2D eigenvalue weighted by molar-refractivity contribution is -0.139. The lowest BCUT2D eigenvalue weighted by Gasteiger charge is -2.24. The number of allylic oxidation sites excluding steroid dienone is 6. The van der Waals surface area contributed by atoms with Crippen molar-refractivity contribution in [2.45, 2.75) is 188 Å². The summed E-state index contributed by atoms with van der Waals surface area (Å²) >= 11 is 34.7. The van der Waals surface area contributed by atoms with E-state index in [4.69, 9.17) is 134 Å². The molecule has 6 aromatic rings. The number of anilines is 6. The van der Waals surface area contributed by atoms with Crippen LogP contribution in [0.1, 0.15) is 198 Å². The van der Waals surface area contributed by atoms with Gasteiger partial charge in [-0.15, -0.1) is 0 Å². The highest BCUT2D eigenvalue weighted by molar-refractivity contribution is 7.95. The molecule has 138 heavy (non-hydrogen) atoms. The minimum absolute atomic E-state index is 0.000867. The number of carbonyl (C=O) groups excluding carboxylic acids is 6. The quantitative estimate of drug-likeness (QED) is 0.0139. The maximum absolute atomic E-state index is 13.7. The van der Waals surface area contributed by atoms with Crippen LogP contribution in [0.4, 0.5) is 60.5 Å². The smallest absolute Gasteiger partial charge is 0.335 e. The van der Waals surface area contributed by atoms with Crippen LogP contribution in [0.5, 0.6) is 0 Å². The minimum Gasteiger partial charge on any atom is -0.463 e. The van der Waals surface area contributed by atoms with Crippen molar-refractivity contribution in [2.24, 2.45) is 0 Å². The number of hydrogen-bond donors (Lipinski definition) is 6. The highest BCUT2D eigenvalue weighted by atomic mass is 35.5. The first kappa shape index (κ1) is 77.1. The summed E-state index contributed by atoms with van der Waals surface area (Å²) in [6, 6.07) is -13.4. The van der Waals surface area contributed by atoms with Crippen LogP contribution in [-0.2, 0) is 117 Å². The summed E-state index contributed by atoms with van der Waals surface area (Å²) < 4.78 is 511. The van der Waals surface area contributed by atoms with Gasteiger partial charge in [0, 0.05) is 13.7 Å². The van der Waals surface area contributed by atoms with E-state index in [1.165, 1.54) is 39.8 Å². The zero-order valence-corrected chi connectivity index (χ0v) is 81.9. The Hall–Kier alpha value is -9.60. The molecule has 30 nitrogen and oxygen atoms in total. The third kappa shape index (κ3) is 33.8. The lowest BCUT2D eigenvalue weighted by Crippen LogP contribution is -2.34. The normalized spacial score (nSPS) is 24.9. The first-order valence-corrected chi connectivity index (χ1v) is 51.5. The van der Waals surface area contributed by atoms with Crippen molar-refractivity contribution in [1.82, 2.24) is 0 Å². The van der Waals surface area contributed by atoms with Gasteiger partial charge in [-0.2, -0.15) is 0 Å². The number of rotatable bonds is 30.